The van der Waals surface area contributed by atoms with E-state index in [4.69, 9.17) is 9.72 Å². The van der Waals surface area contributed by atoms with Gasteiger partial charge in [0.15, 0.2) is 0 Å². The minimum absolute atomic E-state index is 0.331. The zero-order chi connectivity index (χ0) is 13.4. The van der Waals surface area contributed by atoms with Crippen molar-refractivity contribution in [2.45, 2.75) is 39.5 Å². The van der Waals surface area contributed by atoms with E-state index in [1.54, 1.807) is 0 Å². The molecule has 1 aromatic heterocycles. The molecule has 0 saturated heterocycles. The molecule has 102 valence electrons. The maximum Gasteiger partial charge on any atom is 0.136 e. The normalized spacial score (nSPS) is 19.1. The summed E-state index contributed by atoms with van der Waals surface area (Å²) >= 11 is 0. The predicted molar refractivity (Wildman–Crippen MR) is 76.3 cm³/mol. The number of fused-ring (bicyclic) bond motifs is 3. The molecule has 1 aliphatic heterocycles. The molecule has 3 rings (SSSR count). The van der Waals surface area contributed by atoms with Crippen molar-refractivity contribution in [3.05, 3.63) is 29.6 Å². The van der Waals surface area contributed by atoms with Gasteiger partial charge < -0.3 is 14.6 Å². The first kappa shape index (κ1) is 12.6. The van der Waals surface area contributed by atoms with Crippen LogP contribution >= 0.6 is 0 Å². The van der Waals surface area contributed by atoms with Crippen LogP contribution in [0.4, 0.5) is 0 Å². The summed E-state index contributed by atoms with van der Waals surface area (Å²) in [6.45, 7) is 8.74. The Balaban J connectivity index is 2.02. The van der Waals surface area contributed by atoms with Crippen molar-refractivity contribution in [2.24, 2.45) is 0 Å². The van der Waals surface area contributed by atoms with E-state index in [1.807, 2.05) is 0 Å². The highest BCUT2D eigenvalue weighted by Gasteiger charge is 2.24. The molecule has 19 heavy (non-hydrogen) atoms. The monoisotopic (exact) mass is 259 g/mol. The van der Waals surface area contributed by atoms with Crippen LogP contribution in [0.1, 0.15) is 31.3 Å². The van der Waals surface area contributed by atoms with Gasteiger partial charge >= 0.3 is 0 Å². The minimum atomic E-state index is 0.331. The van der Waals surface area contributed by atoms with Gasteiger partial charge in [0.25, 0.3) is 0 Å². The molecule has 1 atom stereocenters. The van der Waals surface area contributed by atoms with Gasteiger partial charge in [0.1, 0.15) is 12.4 Å². The van der Waals surface area contributed by atoms with Crippen molar-refractivity contribution in [1.29, 1.82) is 0 Å². The second-order valence-corrected chi connectivity index (χ2v) is 5.57. The number of benzene rings is 1. The highest BCUT2D eigenvalue weighted by molar-refractivity contribution is 5.79. The maximum atomic E-state index is 5.69. The third-order valence-electron chi connectivity index (χ3n) is 3.66. The second-order valence-electron chi connectivity index (χ2n) is 5.57. The van der Waals surface area contributed by atoms with Gasteiger partial charge in [0.05, 0.1) is 23.7 Å². The fourth-order valence-corrected chi connectivity index (χ4v) is 2.70. The highest BCUT2D eigenvalue weighted by Crippen LogP contribution is 2.27. The molecular weight excluding hydrogens is 238 g/mol. The third kappa shape index (κ3) is 2.26. The quantitative estimate of drug-likeness (QED) is 0.920. The average Bonchev–Trinajstić information content (AvgIpc) is 2.77. The molecule has 0 unspecified atom stereocenters. The number of aryl methyl sites for hydroxylation is 1. The topological polar surface area (TPSA) is 39.1 Å². The number of nitrogens with zero attached hydrogens (tertiary/aromatic N) is 2. The lowest BCUT2D eigenvalue weighted by molar-refractivity contribution is 0.0559. The van der Waals surface area contributed by atoms with E-state index in [0.29, 0.717) is 18.7 Å². The van der Waals surface area contributed by atoms with E-state index < -0.39 is 0 Å². The van der Waals surface area contributed by atoms with Crippen LogP contribution in [-0.4, -0.2) is 28.7 Å². The van der Waals surface area contributed by atoms with Crippen molar-refractivity contribution in [3.63, 3.8) is 0 Å². The third-order valence-corrected chi connectivity index (χ3v) is 3.66. The summed E-state index contributed by atoms with van der Waals surface area (Å²) in [4.78, 5) is 4.74. The second kappa shape index (κ2) is 4.94. The van der Waals surface area contributed by atoms with Crippen molar-refractivity contribution in [3.8, 4) is 0 Å². The smallest absolute Gasteiger partial charge is 0.136 e. The molecule has 0 aliphatic carbocycles. The highest BCUT2D eigenvalue weighted by atomic mass is 16.5. The Morgan fingerprint density at radius 1 is 1.47 bits per heavy atom. The van der Waals surface area contributed by atoms with Crippen LogP contribution in [0.5, 0.6) is 0 Å². The Bertz CT molecular complexity index is 588. The number of aromatic nitrogens is 2. The molecule has 1 aromatic carbocycles. The Hall–Kier alpha value is -1.39. The molecule has 2 aromatic rings. The minimum Gasteiger partial charge on any atom is -0.371 e. The van der Waals surface area contributed by atoms with Crippen LogP contribution in [0.25, 0.3) is 11.0 Å². The molecule has 4 nitrogen and oxygen atoms in total. The van der Waals surface area contributed by atoms with E-state index >= 15 is 0 Å². The lowest BCUT2D eigenvalue weighted by atomic mass is 10.2. The fourth-order valence-electron chi connectivity index (χ4n) is 2.70. The number of ether oxygens (including phenoxy) is 1. The van der Waals surface area contributed by atoms with Gasteiger partial charge in [-0.15, -0.1) is 0 Å². The lowest BCUT2D eigenvalue weighted by Gasteiger charge is -2.27. The van der Waals surface area contributed by atoms with Crippen LogP contribution in [0, 0.1) is 6.92 Å². The average molecular weight is 259 g/mol. The molecule has 4 heteroatoms. The number of nitrogens with one attached hydrogen (secondary N) is 1. The zero-order valence-electron chi connectivity index (χ0n) is 11.8. The Morgan fingerprint density at radius 2 is 2.32 bits per heavy atom. The first-order chi connectivity index (χ1) is 9.16. The van der Waals surface area contributed by atoms with E-state index in [0.717, 1.165) is 24.5 Å². The van der Waals surface area contributed by atoms with Gasteiger partial charge in [-0.1, -0.05) is 26.0 Å². The van der Waals surface area contributed by atoms with Crippen LogP contribution in [0.3, 0.4) is 0 Å². The number of hydrogen-bond donors (Lipinski definition) is 1. The van der Waals surface area contributed by atoms with Gasteiger partial charge in [-0.25, -0.2) is 4.98 Å². The van der Waals surface area contributed by atoms with Crippen molar-refractivity contribution in [1.82, 2.24) is 14.9 Å². The summed E-state index contributed by atoms with van der Waals surface area (Å²) in [6, 6.07) is 7.20. The van der Waals surface area contributed by atoms with Gasteiger partial charge in [-0.2, -0.15) is 0 Å². The van der Waals surface area contributed by atoms with Crippen molar-refractivity contribution < 1.29 is 4.74 Å². The zero-order valence-corrected chi connectivity index (χ0v) is 11.8. The van der Waals surface area contributed by atoms with Crippen molar-refractivity contribution >= 4 is 11.0 Å². The van der Waals surface area contributed by atoms with Crippen LogP contribution in [0.15, 0.2) is 18.2 Å². The first-order valence-corrected chi connectivity index (χ1v) is 6.94. The summed E-state index contributed by atoms with van der Waals surface area (Å²) < 4.78 is 8.04. The van der Waals surface area contributed by atoms with Crippen molar-refractivity contribution in [2.75, 3.05) is 13.2 Å². The molecule has 1 aliphatic rings. The molecular formula is C15H21N3O. The fraction of sp³-hybridized carbons (Fsp3) is 0.533. The number of imidazole rings is 1. The maximum absolute atomic E-state index is 5.69. The molecule has 0 radical (unpaired) electrons. The summed E-state index contributed by atoms with van der Waals surface area (Å²) in [7, 11) is 0. The Kier molecular flexibility index (Phi) is 3.29. The largest absolute Gasteiger partial charge is 0.371 e. The molecule has 1 N–H and O–H groups in total. The lowest BCUT2D eigenvalue weighted by Crippen LogP contribution is -2.35. The molecule has 0 amide bonds. The van der Waals surface area contributed by atoms with Crippen LogP contribution in [-0.2, 0) is 11.3 Å². The summed E-state index contributed by atoms with van der Waals surface area (Å²) in [5.41, 5.74) is 3.57. The number of para-hydroxylation sites is 1. The van der Waals surface area contributed by atoms with E-state index in [-0.39, 0.29) is 0 Å². The molecule has 0 saturated carbocycles. The molecule has 0 spiro atoms. The van der Waals surface area contributed by atoms with E-state index in [1.165, 1.54) is 11.1 Å². The number of hydrogen-bond acceptors (Lipinski definition) is 3. The summed E-state index contributed by atoms with van der Waals surface area (Å²) in [5.74, 6) is 1.05. The van der Waals surface area contributed by atoms with E-state index in [9.17, 15) is 0 Å². The molecule has 2 heterocycles. The molecule has 0 fully saturated rings. The van der Waals surface area contributed by atoms with Gasteiger partial charge in [-0.05, 0) is 18.6 Å². The number of rotatable bonds is 3. The summed E-state index contributed by atoms with van der Waals surface area (Å²) in [5, 5.41) is 3.50. The van der Waals surface area contributed by atoms with Gasteiger partial charge in [0.2, 0.25) is 0 Å². The van der Waals surface area contributed by atoms with Crippen LogP contribution in [0.2, 0.25) is 0 Å². The standard InChI is InChI=1S/C15H21N3O/c1-10(2)16-7-12-8-19-9-14-17-15-11(3)5-4-6-13(15)18(12)14/h4-6,10,12,16H,7-9H2,1-3H3/t12-/m0/s1. The SMILES string of the molecule is Cc1cccc2c1nc1n2[C@@H](CNC(C)C)COC1. The Morgan fingerprint density at radius 3 is 3.11 bits per heavy atom. The summed E-state index contributed by atoms with van der Waals surface area (Å²) in [6.07, 6.45) is 0. The predicted octanol–water partition coefficient (Wildman–Crippen LogP) is 2.41. The van der Waals surface area contributed by atoms with E-state index in [2.05, 4.69) is 48.9 Å². The van der Waals surface area contributed by atoms with Gasteiger partial charge in [0, 0.05) is 12.6 Å². The Labute approximate surface area is 113 Å². The first-order valence-electron chi connectivity index (χ1n) is 6.94. The van der Waals surface area contributed by atoms with Crippen LogP contribution < -0.4 is 5.32 Å². The molecule has 0 bridgehead atoms. The van der Waals surface area contributed by atoms with Gasteiger partial charge in [-0.3, -0.25) is 0 Å².